The van der Waals surface area contributed by atoms with Gasteiger partial charge >= 0.3 is 5.97 Å². The average Bonchev–Trinajstić information content (AvgIpc) is 3.34. The molecule has 0 aromatic carbocycles. The molecule has 4 fully saturated rings. The van der Waals surface area contributed by atoms with E-state index in [-0.39, 0.29) is 35.9 Å². The number of hydrogen-bond acceptors (Lipinski definition) is 5. The second-order valence-electron chi connectivity index (χ2n) is 13.2. The summed E-state index contributed by atoms with van der Waals surface area (Å²) >= 11 is 0. The van der Waals surface area contributed by atoms with Crippen LogP contribution in [0.1, 0.15) is 46.5 Å². The predicted molar refractivity (Wildman–Crippen MR) is 139 cm³/mol. The molecule has 6 aliphatic rings. The van der Waals surface area contributed by atoms with Crippen molar-refractivity contribution >= 4 is 11.8 Å². The SMILES string of the molecule is COC(=O)[C@@]12CN(CC3C=CC=CC3)C[C@@H]1CC1[C@@H]3C[C@H](C)C4=CC(=O)C=C[C@]4(C)[C@@]3(F)[C@@H](O)C[C@@]12C. The number of carbonyl (C=O) groups excluding carboxylic acids is 2. The molecule has 5 nitrogen and oxygen atoms in total. The minimum Gasteiger partial charge on any atom is -0.469 e. The number of esters is 1. The van der Waals surface area contributed by atoms with Gasteiger partial charge in [-0.25, -0.2) is 4.39 Å². The van der Waals surface area contributed by atoms with E-state index in [0.717, 1.165) is 31.5 Å². The van der Waals surface area contributed by atoms with E-state index in [9.17, 15) is 14.7 Å². The van der Waals surface area contributed by atoms with E-state index in [1.807, 2.05) is 6.92 Å². The molecule has 1 heterocycles. The van der Waals surface area contributed by atoms with Gasteiger partial charge in [0.15, 0.2) is 11.5 Å². The van der Waals surface area contributed by atoms with Gasteiger partial charge in [0.2, 0.25) is 0 Å². The first-order valence-corrected chi connectivity index (χ1v) is 14.0. The first-order chi connectivity index (χ1) is 17.5. The Morgan fingerprint density at radius 1 is 1.24 bits per heavy atom. The van der Waals surface area contributed by atoms with Crippen LogP contribution in [0.15, 0.2) is 48.1 Å². The van der Waals surface area contributed by atoms with E-state index in [2.05, 4.69) is 43.1 Å². The molecule has 0 radical (unpaired) electrons. The lowest BCUT2D eigenvalue weighted by atomic mass is 9.42. The maximum atomic E-state index is 17.6. The maximum absolute atomic E-state index is 17.6. The second-order valence-corrected chi connectivity index (χ2v) is 13.2. The van der Waals surface area contributed by atoms with E-state index >= 15 is 4.39 Å². The van der Waals surface area contributed by atoms with Crippen LogP contribution in [-0.4, -0.2) is 60.3 Å². The zero-order valence-corrected chi connectivity index (χ0v) is 22.5. The van der Waals surface area contributed by atoms with Gasteiger partial charge in [0, 0.05) is 31.0 Å². The highest BCUT2D eigenvalue weighted by molar-refractivity contribution is 6.01. The number of hydrogen-bond donors (Lipinski definition) is 1. The summed E-state index contributed by atoms with van der Waals surface area (Å²) in [5.41, 5.74) is -3.47. The number of methoxy groups -OCH3 is 1. The van der Waals surface area contributed by atoms with Crippen LogP contribution in [0.3, 0.4) is 0 Å². The van der Waals surface area contributed by atoms with Crippen molar-refractivity contribution < 1.29 is 23.8 Å². The molecule has 5 aliphatic carbocycles. The largest absolute Gasteiger partial charge is 0.469 e. The van der Waals surface area contributed by atoms with E-state index in [1.54, 1.807) is 12.2 Å². The molecule has 1 saturated heterocycles. The standard InChI is InChI=1S/C31H40FNO4/c1-19-12-25-24-13-21-17-33(16-20-8-6-5-7-9-20)18-30(21,27(36)37-4)29(24,3)15-26(35)31(25,32)28(2)11-10-22(34)14-23(19)28/h5-8,10-11,14,19-21,24-26,35H,9,12-13,15-18H2,1-4H3/t19-,20?,21-,24?,25-,26-,28-,29-,30+,31-/m0/s1. The zero-order chi connectivity index (χ0) is 26.4. The molecule has 6 heteroatoms. The molecule has 2 unspecified atom stereocenters. The van der Waals surface area contributed by atoms with Crippen LogP contribution in [0.2, 0.25) is 0 Å². The van der Waals surface area contributed by atoms with Gasteiger partial charge < -0.3 is 14.7 Å². The van der Waals surface area contributed by atoms with Crippen molar-refractivity contribution in [1.82, 2.24) is 4.90 Å². The Labute approximate surface area is 219 Å². The Bertz CT molecular complexity index is 1140. The lowest BCUT2D eigenvalue weighted by molar-refractivity contribution is -0.215. The van der Waals surface area contributed by atoms with Gasteiger partial charge in [-0.2, -0.15) is 0 Å². The van der Waals surface area contributed by atoms with Gasteiger partial charge in [0.05, 0.1) is 18.6 Å². The fourth-order valence-corrected chi connectivity index (χ4v) is 10.0. The number of aliphatic hydroxyl groups is 1. The van der Waals surface area contributed by atoms with Crippen molar-refractivity contribution in [3.05, 3.63) is 48.1 Å². The van der Waals surface area contributed by atoms with E-state index in [1.165, 1.54) is 13.2 Å². The summed E-state index contributed by atoms with van der Waals surface area (Å²) < 4.78 is 23.1. The Morgan fingerprint density at radius 2 is 2.03 bits per heavy atom. The number of nitrogens with zero attached hydrogens (tertiary/aromatic N) is 1. The zero-order valence-electron chi connectivity index (χ0n) is 22.5. The van der Waals surface area contributed by atoms with Crippen LogP contribution in [0.25, 0.3) is 0 Å². The number of rotatable bonds is 3. The summed E-state index contributed by atoms with van der Waals surface area (Å²) in [6.07, 6.45) is 14.7. The fraction of sp³-hybridized carbons (Fsp3) is 0.677. The van der Waals surface area contributed by atoms with Crippen molar-refractivity contribution in [2.45, 2.75) is 58.2 Å². The molecule has 0 aromatic rings. The van der Waals surface area contributed by atoms with Crippen molar-refractivity contribution in [3.8, 4) is 0 Å². The molecule has 0 spiro atoms. The normalized spacial score (nSPS) is 50.2. The van der Waals surface area contributed by atoms with Gasteiger partial charge in [-0.3, -0.25) is 9.59 Å². The number of carbonyl (C=O) groups is 2. The first-order valence-electron chi connectivity index (χ1n) is 14.0. The number of aliphatic hydroxyl groups excluding tert-OH is 1. The highest BCUT2D eigenvalue weighted by Gasteiger charge is 2.78. The number of halogens is 1. The highest BCUT2D eigenvalue weighted by Crippen LogP contribution is 2.74. The topological polar surface area (TPSA) is 66.8 Å². The molecule has 1 N–H and O–H groups in total. The fourth-order valence-electron chi connectivity index (χ4n) is 10.0. The minimum absolute atomic E-state index is 0.0273. The number of alkyl halides is 1. The van der Waals surface area contributed by atoms with Gasteiger partial charge in [-0.1, -0.05) is 49.8 Å². The van der Waals surface area contributed by atoms with Crippen molar-refractivity contribution in [3.63, 3.8) is 0 Å². The smallest absolute Gasteiger partial charge is 0.314 e. The molecule has 1 aliphatic heterocycles. The Kier molecular flexibility index (Phi) is 5.61. The summed E-state index contributed by atoms with van der Waals surface area (Å²) in [5, 5.41) is 11.7. The Morgan fingerprint density at radius 3 is 2.73 bits per heavy atom. The van der Waals surface area contributed by atoms with Crippen LogP contribution in [-0.2, 0) is 14.3 Å². The van der Waals surface area contributed by atoms with E-state index < -0.39 is 33.9 Å². The number of likely N-dealkylation sites (tertiary alicyclic amines) is 1. The molecule has 0 aromatic heterocycles. The van der Waals surface area contributed by atoms with Crippen LogP contribution in [0.5, 0.6) is 0 Å². The lowest BCUT2D eigenvalue weighted by Gasteiger charge is -2.64. The van der Waals surface area contributed by atoms with Crippen LogP contribution >= 0.6 is 0 Å². The third kappa shape index (κ3) is 3.09. The number of ketones is 1. The molecule has 0 bridgehead atoms. The molecular weight excluding hydrogens is 469 g/mol. The van der Waals surface area contributed by atoms with Gasteiger partial charge in [-0.05, 0) is 73.8 Å². The van der Waals surface area contributed by atoms with Gasteiger partial charge in [0.25, 0.3) is 0 Å². The minimum atomic E-state index is -1.89. The second kappa shape index (κ2) is 8.22. The molecule has 200 valence electrons. The molecule has 37 heavy (non-hydrogen) atoms. The molecule has 10 atom stereocenters. The Balaban J connectivity index is 1.39. The van der Waals surface area contributed by atoms with Crippen molar-refractivity contribution in [1.29, 1.82) is 0 Å². The summed E-state index contributed by atoms with van der Waals surface area (Å²) in [6, 6.07) is 0. The third-order valence-corrected chi connectivity index (χ3v) is 11.7. The summed E-state index contributed by atoms with van der Waals surface area (Å²) in [7, 11) is 1.46. The number of ether oxygens (including phenoxy) is 1. The summed E-state index contributed by atoms with van der Waals surface area (Å²) in [6.45, 7) is 8.34. The van der Waals surface area contributed by atoms with Crippen LogP contribution < -0.4 is 0 Å². The molecule has 0 amide bonds. The van der Waals surface area contributed by atoms with Crippen LogP contribution in [0, 0.1) is 45.8 Å². The lowest BCUT2D eigenvalue weighted by Crippen LogP contribution is -2.69. The third-order valence-electron chi connectivity index (χ3n) is 11.7. The quantitative estimate of drug-likeness (QED) is 0.570. The van der Waals surface area contributed by atoms with Crippen molar-refractivity contribution in [2.75, 3.05) is 26.7 Å². The average molecular weight is 510 g/mol. The molecule has 6 rings (SSSR count). The first kappa shape index (κ1) is 25.2. The molecular formula is C31H40FNO4. The van der Waals surface area contributed by atoms with E-state index in [4.69, 9.17) is 4.74 Å². The number of fused-ring (bicyclic) bond motifs is 7. The van der Waals surface area contributed by atoms with Gasteiger partial charge in [-0.15, -0.1) is 0 Å². The summed E-state index contributed by atoms with van der Waals surface area (Å²) in [5.74, 6) is -0.250. The van der Waals surface area contributed by atoms with Crippen molar-refractivity contribution in [2.24, 2.45) is 45.8 Å². The molecule has 3 saturated carbocycles. The van der Waals surface area contributed by atoms with Gasteiger partial charge in [0.1, 0.15) is 0 Å². The van der Waals surface area contributed by atoms with Crippen LogP contribution in [0.4, 0.5) is 4.39 Å². The summed E-state index contributed by atoms with van der Waals surface area (Å²) in [4.78, 5) is 28.4. The highest BCUT2D eigenvalue weighted by atomic mass is 19.1. The maximum Gasteiger partial charge on any atom is 0.314 e. The van der Waals surface area contributed by atoms with E-state index in [0.29, 0.717) is 18.9 Å². The number of allylic oxidation sites excluding steroid dienone is 7. The Hall–Kier alpha value is -2.05. The monoisotopic (exact) mass is 509 g/mol. The predicted octanol–water partition coefficient (Wildman–Crippen LogP) is 4.44.